The van der Waals surface area contributed by atoms with Gasteiger partial charge in [-0.2, -0.15) is 4.31 Å². The first kappa shape index (κ1) is 16.5. The molecule has 0 N–H and O–H groups in total. The predicted molar refractivity (Wildman–Crippen MR) is 89.5 cm³/mol. The summed E-state index contributed by atoms with van der Waals surface area (Å²) in [7, 11) is -1.53. The maximum Gasteiger partial charge on any atom is 0.214 e. The zero-order valence-corrected chi connectivity index (χ0v) is 14.3. The van der Waals surface area contributed by atoms with Gasteiger partial charge in [-0.3, -0.25) is 0 Å². The summed E-state index contributed by atoms with van der Waals surface area (Å²) in [6.07, 6.45) is 0.850. The number of rotatable bonds is 5. The fourth-order valence-corrected chi connectivity index (χ4v) is 4.94. The molecule has 2 saturated heterocycles. The maximum absolute atomic E-state index is 12.5. The van der Waals surface area contributed by atoms with Crippen LogP contribution in [0.1, 0.15) is 6.42 Å². The lowest BCUT2D eigenvalue weighted by Crippen LogP contribution is -2.49. The number of hydrogen-bond acceptors (Lipinski definition) is 5. The van der Waals surface area contributed by atoms with Gasteiger partial charge in [-0.1, -0.05) is 6.07 Å². The van der Waals surface area contributed by atoms with E-state index in [2.05, 4.69) is 4.90 Å². The molecule has 23 heavy (non-hydrogen) atoms. The second kappa shape index (κ2) is 7.07. The Bertz CT molecular complexity index is 621. The topological polar surface area (TPSA) is 59.1 Å². The molecule has 0 radical (unpaired) electrons. The van der Waals surface area contributed by atoms with Crippen molar-refractivity contribution in [3.05, 3.63) is 24.3 Å². The Hall–Kier alpha value is -1.31. The Morgan fingerprint density at radius 3 is 2.70 bits per heavy atom. The van der Waals surface area contributed by atoms with E-state index in [1.54, 1.807) is 11.4 Å². The highest BCUT2D eigenvalue weighted by molar-refractivity contribution is 7.89. The van der Waals surface area contributed by atoms with Crippen molar-refractivity contribution in [1.29, 1.82) is 0 Å². The second-order valence-electron chi connectivity index (χ2n) is 6.10. The van der Waals surface area contributed by atoms with Gasteiger partial charge in [0.15, 0.2) is 0 Å². The Balaban J connectivity index is 1.59. The molecular weight excluding hydrogens is 316 g/mol. The minimum atomic E-state index is -3.18. The van der Waals surface area contributed by atoms with Crippen molar-refractivity contribution in [3.63, 3.8) is 0 Å². The molecule has 0 bridgehead atoms. The molecule has 128 valence electrons. The van der Waals surface area contributed by atoms with Gasteiger partial charge in [0.2, 0.25) is 10.0 Å². The highest BCUT2D eigenvalue weighted by Crippen LogP contribution is 2.23. The van der Waals surface area contributed by atoms with Crippen LogP contribution in [0.2, 0.25) is 0 Å². The second-order valence-corrected chi connectivity index (χ2v) is 8.11. The van der Waals surface area contributed by atoms with Gasteiger partial charge in [-0.25, -0.2) is 8.42 Å². The van der Waals surface area contributed by atoms with E-state index >= 15 is 0 Å². The number of methoxy groups -OCH3 is 1. The van der Waals surface area contributed by atoms with Crippen molar-refractivity contribution in [1.82, 2.24) is 4.31 Å². The SMILES string of the molecule is COc1cccc(N2CCN(S(=O)(=O)CC3CCOC3)CC2)c1. The first-order valence-electron chi connectivity index (χ1n) is 8.03. The van der Waals surface area contributed by atoms with E-state index in [0.29, 0.717) is 39.4 Å². The van der Waals surface area contributed by atoms with Crippen molar-refractivity contribution in [2.75, 3.05) is 57.2 Å². The summed E-state index contributed by atoms with van der Waals surface area (Å²) in [6.45, 7) is 3.73. The number of sulfonamides is 1. The van der Waals surface area contributed by atoms with Crippen LogP contribution in [0.15, 0.2) is 24.3 Å². The largest absolute Gasteiger partial charge is 0.497 e. The highest BCUT2D eigenvalue weighted by atomic mass is 32.2. The molecular formula is C16H24N2O4S. The average Bonchev–Trinajstić information content (AvgIpc) is 3.07. The van der Waals surface area contributed by atoms with Crippen LogP contribution in [0.25, 0.3) is 0 Å². The zero-order chi connectivity index (χ0) is 16.3. The van der Waals surface area contributed by atoms with Crippen LogP contribution in [0, 0.1) is 5.92 Å². The van der Waals surface area contributed by atoms with Gasteiger partial charge in [0.1, 0.15) is 5.75 Å². The molecule has 1 unspecified atom stereocenters. The maximum atomic E-state index is 12.5. The lowest BCUT2D eigenvalue weighted by atomic mass is 10.2. The van der Waals surface area contributed by atoms with E-state index in [4.69, 9.17) is 9.47 Å². The lowest BCUT2D eigenvalue weighted by molar-refractivity contribution is 0.188. The molecule has 0 aromatic heterocycles. The van der Waals surface area contributed by atoms with Gasteiger partial charge in [0, 0.05) is 44.5 Å². The fourth-order valence-electron chi connectivity index (χ4n) is 3.15. The van der Waals surface area contributed by atoms with E-state index in [0.717, 1.165) is 17.9 Å². The first-order valence-corrected chi connectivity index (χ1v) is 9.64. The van der Waals surface area contributed by atoms with Gasteiger partial charge in [0.25, 0.3) is 0 Å². The molecule has 2 heterocycles. The van der Waals surface area contributed by atoms with E-state index < -0.39 is 10.0 Å². The minimum Gasteiger partial charge on any atom is -0.497 e. The third kappa shape index (κ3) is 3.97. The fraction of sp³-hybridized carbons (Fsp3) is 0.625. The van der Waals surface area contributed by atoms with Crippen LogP contribution >= 0.6 is 0 Å². The highest BCUT2D eigenvalue weighted by Gasteiger charge is 2.31. The van der Waals surface area contributed by atoms with E-state index in [9.17, 15) is 8.42 Å². The summed E-state index contributed by atoms with van der Waals surface area (Å²) >= 11 is 0. The van der Waals surface area contributed by atoms with Gasteiger partial charge in [0.05, 0.1) is 19.5 Å². The molecule has 2 aliphatic heterocycles. The van der Waals surface area contributed by atoms with Gasteiger partial charge >= 0.3 is 0 Å². The number of anilines is 1. The van der Waals surface area contributed by atoms with Gasteiger partial charge in [-0.05, 0) is 24.5 Å². The molecule has 0 amide bonds. The predicted octanol–water partition coefficient (Wildman–Crippen LogP) is 1.18. The van der Waals surface area contributed by atoms with Crippen LogP contribution in [0.4, 0.5) is 5.69 Å². The number of piperazine rings is 1. The molecule has 0 spiro atoms. The molecule has 2 aliphatic rings. The summed E-state index contributed by atoms with van der Waals surface area (Å²) < 4.78 is 37.2. The molecule has 0 saturated carbocycles. The Labute approximate surface area is 138 Å². The molecule has 1 aromatic carbocycles. The monoisotopic (exact) mass is 340 g/mol. The summed E-state index contributed by atoms with van der Waals surface area (Å²) in [6, 6.07) is 7.88. The average molecular weight is 340 g/mol. The third-order valence-corrected chi connectivity index (χ3v) is 6.57. The molecule has 3 rings (SSSR count). The normalized spacial score (nSPS) is 23.2. The van der Waals surface area contributed by atoms with Gasteiger partial charge in [-0.15, -0.1) is 0 Å². The number of hydrogen-bond donors (Lipinski definition) is 0. The summed E-state index contributed by atoms with van der Waals surface area (Å²) in [4.78, 5) is 2.20. The smallest absolute Gasteiger partial charge is 0.214 e. The van der Waals surface area contributed by atoms with Gasteiger partial charge < -0.3 is 14.4 Å². The Morgan fingerprint density at radius 1 is 1.26 bits per heavy atom. The quantitative estimate of drug-likeness (QED) is 0.806. The van der Waals surface area contributed by atoms with Crippen LogP contribution in [0.5, 0.6) is 5.75 Å². The van der Waals surface area contributed by atoms with Crippen molar-refractivity contribution < 1.29 is 17.9 Å². The Kier molecular flexibility index (Phi) is 5.08. The zero-order valence-electron chi connectivity index (χ0n) is 13.5. The summed E-state index contributed by atoms with van der Waals surface area (Å²) in [5.41, 5.74) is 1.07. The number of benzene rings is 1. The third-order valence-electron chi connectivity index (χ3n) is 4.52. The van der Waals surface area contributed by atoms with Crippen molar-refractivity contribution in [2.45, 2.75) is 6.42 Å². The molecule has 0 aliphatic carbocycles. The van der Waals surface area contributed by atoms with Crippen LogP contribution < -0.4 is 9.64 Å². The van der Waals surface area contributed by atoms with E-state index in [1.807, 2.05) is 24.3 Å². The first-order chi connectivity index (χ1) is 11.1. The Morgan fingerprint density at radius 2 is 2.04 bits per heavy atom. The summed E-state index contributed by atoms with van der Waals surface area (Å²) in [5, 5.41) is 0. The van der Waals surface area contributed by atoms with Crippen LogP contribution in [0.3, 0.4) is 0 Å². The van der Waals surface area contributed by atoms with Crippen molar-refractivity contribution in [3.8, 4) is 5.75 Å². The molecule has 6 nitrogen and oxygen atoms in total. The van der Waals surface area contributed by atoms with Crippen LogP contribution in [-0.4, -0.2) is 65.0 Å². The van der Waals surface area contributed by atoms with E-state index in [-0.39, 0.29) is 11.7 Å². The standard InChI is InChI=1S/C16H24N2O4S/c1-21-16-4-2-3-15(11-16)17-6-8-18(9-7-17)23(19,20)13-14-5-10-22-12-14/h2-4,11,14H,5-10,12-13H2,1H3. The molecule has 1 atom stereocenters. The molecule has 2 fully saturated rings. The number of ether oxygens (including phenoxy) is 2. The number of nitrogens with zero attached hydrogens (tertiary/aromatic N) is 2. The van der Waals surface area contributed by atoms with Crippen LogP contribution in [-0.2, 0) is 14.8 Å². The molecule has 1 aromatic rings. The lowest BCUT2D eigenvalue weighted by Gasteiger charge is -2.35. The van der Waals surface area contributed by atoms with Crippen molar-refractivity contribution in [2.24, 2.45) is 5.92 Å². The molecule has 7 heteroatoms. The minimum absolute atomic E-state index is 0.149. The summed E-state index contributed by atoms with van der Waals surface area (Å²) in [5.74, 6) is 1.18. The van der Waals surface area contributed by atoms with E-state index in [1.165, 1.54) is 0 Å². The van der Waals surface area contributed by atoms with Crippen molar-refractivity contribution >= 4 is 15.7 Å².